The summed E-state index contributed by atoms with van der Waals surface area (Å²) in [6.07, 6.45) is 5.79. The molecule has 0 spiro atoms. The Morgan fingerprint density at radius 2 is 2.00 bits per heavy atom. The fourth-order valence-electron chi connectivity index (χ4n) is 2.65. The third-order valence-electron chi connectivity index (χ3n) is 3.97. The number of piperazine rings is 1. The molecule has 1 saturated heterocycles. The molecule has 0 amide bonds. The fraction of sp³-hybridized carbons (Fsp3) is 0.615. The molecule has 0 aromatic carbocycles. The van der Waals surface area contributed by atoms with E-state index in [1.807, 2.05) is 12.1 Å². The zero-order valence-electron chi connectivity index (χ0n) is 10.4. The maximum absolute atomic E-state index is 8.81. The molecule has 0 N–H and O–H groups in total. The number of rotatable bonds is 2. The predicted molar refractivity (Wildman–Crippen MR) is 68.2 cm³/mol. The third kappa shape index (κ3) is 2.16. The summed E-state index contributed by atoms with van der Waals surface area (Å²) in [5.74, 6) is 1.14. The van der Waals surface area contributed by atoms with Crippen molar-refractivity contribution in [1.82, 2.24) is 14.9 Å². The first-order valence-corrected chi connectivity index (χ1v) is 6.59. The van der Waals surface area contributed by atoms with Crippen LogP contribution in [0.4, 0.5) is 5.82 Å². The second-order valence-corrected chi connectivity index (χ2v) is 4.96. The van der Waals surface area contributed by atoms with Gasteiger partial charge in [0.2, 0.25) is 5.82 Å². The van der Waals surface area contributed by atoms with Gasteiger partial charge in [-0.15, -0.1) is 0 Å². The molecule has 5 nitrogen and oxygen atoms in total. The molecule has 0 radical (unpaired) electrons. The number of aromatic nitrogens is 2. The molecule has 5 heteroatoms. The summed E-state index contributed by atoms with van der Waals surface area (Å²) in [7, 11) is 0. The number of nitriles is 1. The van der Waals surface area contributed by atoms with Crippen LogP contribution in [-0.2, 0) is 0 Å². The summed E-state index contributed by atoms with van der Waals surface area (Å²) in [4.78, 5) is 13.0. The summed E-state index contributed by atoms with van der Waals surface area (Å²) < 4.78 is 0. The van der Waals surface area contributed by atoms with Crippen LogP contribution in [0.15, 0.2) is 12.3 Å². The molecule has 1 aliphatic carbocycles. The third-order valence-corrected chi connectivity index (χ3v) is 3.97. The fourth-order valence-corrected chi connectivity index (χ4v) is 2.65. The van der Waals surface area contributed by atoms with Gasteiger partial charge in [-0.2, -0.15) is 5.26 Å². The van der Waals surface area contributed by atoms with Crippen molar-refractivity contribution in [2.45, 2.75) is 25.3 Å². The van der Waals surface area contributed by atoms with Gasteiger partial charge in [-0.25, -0.2) is 9.97 Å². The maximum atomic E-state index is 8.81. The highest BCUT2D eigenvalue weighted by Gasteiger charge is 2.28. The zero-order chi connectivity index (χ0) is 12.4. The minimum atomic E-state index is 0.258. The molecule has 1 aliphatic heterocycles. The van der Waals surface area contributed by atoms with Gasteiger partial charge >= 0.3 is 0 Å². The summed E-state index contributed by atoms with van der Waals surface area (Å²) >= 11 is 0. The Labute approximate surface area is 107 Å². The number of hydrogen-bond acceptors (Lipinski definition) is 5. The molecule has 3 rings (SSSR count). The minimum absolute atomic E-state index is 0.258. The van der Waals surface area contributed by atoms with E-state index in [4.69, 9.17) is 5.26 Å². The molecule has 2 heterocycles. The highest BCUT2D eigenvalue weighted by atomic mass is 15.3. The molecule has 94 valence electrons. The monoisotopic (exact) mass is 243 g/mol. The number of nitrogens with zero attached hydrogens (tertiary/aromatic N) is 5. The van der Waals surface area contributed by atoms with Crippen LogP contribution in [0.25, 0.3) is 0 Å². The lowest BCUT2D eigenvalue weighted by Gasteiger charge is -2.43. The normalized spacial score (nSPS) is 21.4. The van der Waals surface area contributed by atoms with Gasteiger partial charge in [0, 0.05) is 38.4 Å². The average molecular weight is 243 g/mol. The van der Waals surface area contributed by atoms with E-state index in [0.29, 0.717) is 0 Å². The van der Waals surface area contributed by atoms with Crippen LogP contribution >= 0.6 is 0 Å². The Morgan fingerprint density at radius 1 is 1.22 bits per heavy atom. The molecular formula is C13H17N5. The van der Waals surface area contributed by atoms with Gasteiger partial charge in [0.05, 0.1) is 0 Å². The van der Waals surface area contributed by atoms with Crippen molar-refractivity contribution in [2.24, 2.45) is 0 Å². The van der Waals surface area contributed by atoms with Crippen molar-refractivity contribution in [3.05, 3.63) is 18.1 Å². The molecule has 2 fully saturated rings. The SMILES string of the molecule is N#Cc1nccc(N2CCN(C3CCC3)CC2)n1. The Hall–Kier alpha value is -1.67. The van der Waals surface area contributed by atoms with Crippen LogP contribution < -0.4 is 4.90 Å². The van der Waals surface area contributed by atoms with E-state index in [2.05, 4.69) is 19.8 Å². The first-order chi connectivity index (χ1) is 8.86. The van der Waals surface area contributed by atoms with Crippen LogP contribution in [0.5, 0.6) is 0 Å². The van der Waals surface area contributed by atoms with Crippen molar-refractivity contribution in [2.75, 3.05) is 31.1 Å². The van der Waals surface area contributed by atoms with Gasteiger partial charge in [-0.1, -0.05) is 6.42 Å². The highest BCUT2D eigenvalue weighted by molar-refractivity contribution is 5.39. The van der Waals surface area contributed by atoms with E-state index in [1.165, 1.54) is 19.3 Å². The minimum Gasteiger partial charge on any atom is -0.354 e. The topological polar surface area (TPSA) is 56.1 Å². The lowest BCUT2D eigenvalue weighted by atomic mass is 9.91. The molecule has 18 heavy (non-hydrogen) atoms. The highest BCUT2D eigenvalue weighted by Crippen LogP contribution is 2.26. The average Bonchev–Trinajstić information content (AvgIpc) is 2.38. The van der Waals surface area contributed by atoms with Crippen molar-refractivity contribution >= 4 is 5.82 Å². The van der Waals surface area contributed by atoms with Crippen molar-refractivity contribution in [3.8, 4) is 6.07 Å². The first-order valence-electron chi connectivity index (χ1n) is 6.59. The van der Waals surface area contributed by atoms with E-state index >= 15 is 0 Å². The van der Waals surface area contributed by atoms with Crippen molar-refractivity contribution in [3.63, 3.8) is 0 Å². The Balaban J connectivity index is 1.63. The smallest absolute Gasteiger partial charge is 0.234 e. The molecule has 1 saturated carbocycles. The van der Waals surface area contributed by atoms with Crippen LogP contribution in [0.2, 0.25) is 0 Å². The van der Waals surface area contributed by atoms with E-state index < -0.39 is 0 Å². The summed E-state index contributed by atoms with van der Waals surface area (Å²) in [5.41, 5.74) is 0. The molecule has 0 bridgehead atoms. The van der Waals surface area contributed by atoms with Crippen LogP contribution in [0.1, 0.15) is 25.1 Å². The van der Waals surface area contributed by atoms with Gasteiger partial charge in [-0.3, -0.25) is 4.90 Å². The van der Waals surface area contributed by atoms with E-state index in [-0.39, 0.29) is 5.82 Å². The van der Waals surface area contributed by atoms with Crippen LogP contribution in [-0.4, -0.2) is 47.1 Å². The number of anilines is 1. The van der Waals surface area contributed by atoms with Gasteiger partial charge in [0.25, 0.3) is 0 Å². The Bertz CT molecular complexity index is 455. The summed E-state index contributed by atoms with van der Waals surface area (Å²) in [6.45, 7) is 4.21. The lowest BCUT2D eigenvalue weighted by molar-refractivity contribution is 0.120. The molecule has 2 aliphatic rings. The quantitative estimate of drug-likeness (QED) is 0.776. The van der Waals surface area contributed by atoms with Gasteiger partial charge < -0.3 is 4.90 Å². The van der Waals surface area contributed by atoms with Gasteiger partial charge in [0.15, 0.2) is 0 Å². The predicted octanol–water partition coefficient (Wildman–Crippen LogP) is 1.02. The molecule has 0 atom stereocenters. The maximum Gasteiger partial charge on any atom is 0.234 e. The lowest BCUT2D eigenvalue weighted by Crippen LogP contribution is -2.52. The second-order valence-electron chi connectivity index (χ2n) is 4.96. The zero-order valence-corrected chi connectivity index (χ0v) is 10.4. The van der Waals surface area contributed by atoms with Crippen molar-refractivity contribution < 1.29 is 0 Å². The molecule has 1 aromatic rings. The van der Waals surface area contributed by atoms with Crippen molar-refractivity contribution in [1.29, 1.82) is 5.26 Å². The standard InChI is InChI=1S/C13H17N5/c14-10-12-15-5-4-13(16-12)18-8-6-17(7-9-18)11-2-1-3-11/h4-5,11H,1-3,6-9H2. The molecule has 0 unspecified atom stereocenters. The summed E-state index contributed by atoms with van der Waals surface area (Å²) in [6, 6.07) is 4.71. The largest absolute Gasteiger partial charge is 0.354 e. The first kappa shape index (κ1) is 11.4. The summed E-state index contributed by atoms with van der Waals surface area (Å²) in [5, 5.41) is 8.81. The van der Waals surface area contributed by atoms with E-state index in [9.17, 15) is 0 Å². The molecule has 1 aromatic heterocycles. The molecular weight excluding hydrogens is 226 g/mol. The Kier molecular flexibility index (Phi) is 3.11. The van der Waals surface area contributed by atoms with Crippen LogP contribution in [0.3, 0.4) is 0 Å². The second kappa shape index (κ2) is 4.91. The van der Waals surface area contributed by atoms with E-state index in [1.54, 1.807) is 6.20 Å². The van der Waals surface area contributed by atoms with Crippen LogP contribution in [0, 0.1) is 11.3 Å². The van der Waals surface area contributed by atoms with E-state index in [0.717, 1.165) is 38.0 Å². The Morgan fingerprint density at radius 3 is 2.61 bits per heavy atom. The number of hydrogen-bond donors (Lipinski definition) is 0. The van der Waals surface area contributed by atoms with Gasteiger partial charge in [-0.05, 0) is 18.9 Å². The van der Waals surface area contributed by atoms with Gasteiger partial charge in [0.1, 0.15) is 11.9 Å².